The fourth-order valence-electron chi connectivity index (χ4n) is 1.46. The minimum absolute atomic E-state index is 0.0314. The first-order valence-corrected chi connectivity index (χ1v) is 7.26. The molecule has 0 atom stereocenters. The zero-order valence-corrected chi connectivity index (χ0v) is 11.6. The number of hydrogen-bond acceptors (Lipinski definition) is 6. The van der Waals surface area contributed by atoms with Crippen molar-refractivity contribution in [2.45, 2.75) is 11.3 Å². The fraction of sp³-hybridized carbons (Fsp3) is 0.200. The van der Waals surface area contributed by atoms with Crippen LogP contribution in [0.3, 0.4) is 0 Å². The summed E-state index contributed by atoms with van der Waals surface area (Å²) in [6, 6.07) is 2.13. The third-order valence-electron chi connectivity index (χ3n) is 2.34. The second kappa shape index (κ2) is 5.73. The van der Waals surface area contributed by atoms with Crippen molar-refractivity contribution in [3.8, 4) is 0 Å². The Morgan fingerprint density at radius 1 is 1.45 bits per heavy atom. The van der Waals surface area contributed by atoms with Gasteiger partial charge >= 0.3 is 0 Å². The Balaban J connectivity index is 2.14. The van der Waals surface area contributed by atoms with E-state index in [0.717, 1.165) is 12.1 Å². The number of halogens is 2. The highest BCUT2D eigenvalue weighted by atomic mass is 35.5. The number of aromatic nitrogens is 2. The van der Waals surface area contributed by atoms with E-state index in [9.17, 15) is 12.8 Å². The number of rotatable bonds is 5. The molecule has 2 aromatic rings. The topological polar surface area (TPSA) is 111 Å². The molecule has 0 saturated heterocycles. The lowest BCUT2D eigenvalue weighted by molar-refractivity contribution is 0.377. The van der Waals surface area contributed by atoms with Gasteiger partial charge in [0.1, 0.15) is 4.90 Å². The van der Waals surface area contributed by atoms with Gasteiger partial charge in [-0.2, -0.15) is 4.98 Å². The van der Waals surface area contributed by atoms with Gasteiger partial charge in [0.25, 0.3) is 0 Å². The quantitative estimate of drug-likeness (QED) is 0.794. The molecule has 0 amide bonds. The van der Waals surface area contributed by atoms with Gasteiger partial charge in [0, 0.05) is 18.7 Å². The Morgan fingerprint density at radius 3 is 2.85 bits per heavy atom. The second-order valence-corrected chi connectivity index (χ2v) is 5.94. The molecule has 7 nitrogen and oxygen atoms in total. The number of nitrogens with zero attached hydrogens (tertiary/aromatic N) is 2. The average Bonchev–Trinajstić information content (AvgIpc) is 2.86. The SMILES string of the molecule is Nc1cc(Cl)c(F)c(S(=O)(=O)NCCc2ncno2)c1. The van der Waals surface area contributed by atoms with Crippen molar-refractivity contribution in [1.29, 1.82) is 0 Å². The van der Waals surface area contributed by atoms with Crippen LogP contribution in [0.1, 0.15) is 5.89 Å². The van der Waals surface area contributed by atoms with E-state index < -0.39 is 20.7 Å². The normalized spacial score (nSPS) is 11.7. The van der Waals surface area contributed by atoms with E-state index in [1.807, 2.05) is 0 Å². The molecule has 0 saturated carbocycles. The second-order valence-electron chi connectivity index (χ2n) is 3.80. The Kier molecular flexibility index (Phi) is 4.21. The summed E-state index contributed by atoms with van der Waals surface area (Å²) in [5.41, 5.74) is 5.50. The number of nitrogen functional groups attached to an aromatic ring is 1. The number of anilines is 1. The van der Waals surface area contributed by atoms with Crippen molar-refractivity contribution in [2.24, 2.45) is 0 Å². The molecule has 10 heteroatoms. The maximum Gasteiger partial charge on any atom is 0.243 e. The number of nitrogens with two attached hydrogens (primary N) is 1. The summed E-state index contributed by atoms with van der Waals surface area (Å²) < 4.78 is 44.5. The molecule has 1 aromatic carbocycles. The molecule has 0 radical (unpaired) electrons. The average molecular weight is 321 g/mol. The largest absolute Gasteiger partial charge is 0.399 e. The van der Waals surface area contributed by atoms with Gasteiger partial charge in [-0.25, -0.2) is 17.5 Å². The van der Waals surface area contributed by atoms with Crippen LogP contribution in [-0.4, -0.2) is 25.1 Å². The predicted molar refractivity (Wildman–Crippen MR) is 69.0 cm³/mol. The molecule has 0 bridgehead atoms. The molecular weight excluding hydrogens is 311 g/mol. The van der Waals surface area contributed by atoms with Crippen molar-refractivity contribution in [2.75, 3.05) is 12.3 Å². The van der Waals surface area contributed by atoms with Crippen molar-refractivity contribution < 1.29 is 17.3 Å². The lowest BCUT2D eigenvalue weighted by Gasteiger charge is -2.08. The summed E-state index contributed by atoms with van der Waals surface area (Å²) in [7, 11) is -4.07. The van der Waals surface area contributed by atoms with Crippen molar-refractivity contribution in [3.63, 3.8) is 0 Å². The van der Waals surface area contributed by atoms with Gasteiger partial charge in [-0.3, -0.25) is 0 Å². The van der Waals surface area contributed by atoms with E-state index in [0.29, 0.717) is 0 Å². The molecule has 1 aromatic heterocycles. The van der Waals surface area contributed by atoms with Crippen LogP contribution in [-0.2, 0) is 16.4 Å². The van der Waals surface area contributed by atoms with Gasteiger partial charge in [0.2, 0.25) is 15.9 Å². The molecule has 0 aliphatic rings. The number of sulfonamides is 1. The van der Waals surface area contributed by atoms with Crippen LogP contribution in [0.2, 0.25) is 5.02 Å². The summed E-state index contributed by atoms with van der Waals surface area (Å²) in [4.78, 5) is 3.12. The van der Waals surface area contributed by atoms with Crippen LogP contribution in [0, 0.1) is 5.82 Å². The van der Waals surface area contributed by atoms with Gasteiger partial charge in [-0.15, -0.1) is 0 Å². The van der Waals surface area contributed by atoms with Crippen LogP contribution in [0.25, 0.3) is 0 Å². The highest BCUT2D eigenvalue weighted by molar-refractivity contribution is 7.89. The van der Waals surface area contributed by atoms with Gasteiger partial charge in [0.05, 0.1) is 5.02 Å². The number of nitrogens with one attached hydrogen (secondary N) is 1. The van der Waals surface area contributed by atoms with Gasteiger partial charge in [-0.05, 0) is 12.1 Å². The predicted octanol–water partition coefficient (Wildman–Crippen LogP) is 0.965. The summed E-state index contributed by atoms with van der Waals surface area (Å²) in [5, 5.41) is 3.02. The molecule has 20 heavy (non-hydrogen) atoms. The maximum atomic E-state index is 13.7. The molecular formula is C10H10ClFN4O3S. The third kappa shape index (κ3) is 3.24. The molecule has 3 N–H and O–H groups in total. The minimum Gasteiger partial charge on any atom is -0.399 e. The first-order valence-electron chi connectivity index (χ1n) is 5.40. The van der Waals surface area contributed by atoms with Crippen molar-refractivity contribution >= 4 is 27.3 Å². The highest BCUT2D eigenvalue weighted by Crippen LogP contribution is 2.25. The number of benzene rings is 1. The van der Waals surface area contributed by atoms with Crippen molar-refractivity contribution in [1.82, 2.24) is 14.9 Å². The molecule has 0 aliphatic carbocycles. The fourth-order valence-corrected chi connectivity index (χ4v) is 2.90. The maximum absolute atomic E-state index is 13.7. The lowest BCUT2D eigenvalue weighted by Crippen LogP contribution is -2.27. The Hall–Kier alpha value is -1.71. The Bertz CT molecular complexity index is 706. The van der Waals surface area contributed by atoms with Gasteiger partial charge < -0.3 is 10.3 Å². The first-order chi connectivity index (χ1) is 9.40. The van der Waals surface area contributed by atoms with Crippen molar-refractivity contribution in [3.05, 3.63) is 35.2 Å². The summed E-state index contributed by atoms with van der Waals surface area (Å²) in [5.74, 6) is -0.787. The van der Waals surface area contributed by atoms with Crippen LogP contribution >= 0.6 is 11.6 Å². The smallest absolute Gasteiger partial charge is 0.243 e. The zero-order chi connectivity index (χ0) is 14.8. The third-order valence-corrected chi connectivity index (χ3v) is 4.08. The minimum atomic E-state index is -4.07. The number of hydrogen-bond donors (Lipinski definition) is 2. The van der Waals surface area contributed by atoms with E-state index in [4.69, 9.17) is 21.9 Å². The molecule has 1 heterocycles. The molecule has 2 rings (SSSR count). The van der Waals surface area contributed by atoms with Crippen LogP contribution < -0.4 is 10.5 Å². The summed E-state index contributed by atoms with van der Waals surface area (Å²) in [6.07, 6.45) is 1.37. The lowest BCUT2D eigenvalue weighted by atomic mass is 10.3. The van der Waals surface area contributed by atoms with Gasteiger partial charge in [0.15, 0.2) is 12.1 Å². The van der Waals surface area contributed by atoms with E-state index in [2.05, 4.69) is 14.9 Å². The monoisotopic (exact) mass is 320 g/mol. The van der Waals surface area contributed by atoms with Crippen LogP contribution in [0.15, 0.2) is 27.9 Å². The van der Waals surface area contributed by atoms with E-state index >= 15 is 0 Å². The molecule has 0 unspecified atom stereocenters. The van der Waals surface area contributed by atoms with Crippen LogP contribution in [0.5, 0.6) is 0 Å². The molecule has 0 fully saturated rings. The zero-order valence-electron chi connectivity index (χ0n) is 10.0. The highest BCUT2D eigenvalue weighted by Gasteiger charge is 2.21. The Labute approximate surface area is 119 Å². The molecule has 0 aliphatic heterocycles. The van der Waals surface area contributed by atoms with E-state index in [1.54, 1.807) is 0 Å². The molecule has 0 spiro atoms. The van der Waals surface area contributed by atoms with Gasteiger partial charge in [-0.1, -0.05) is 16.8 Å². The van der Waals surface area contributed by atoms with E-state index in [1.165, 1.54) is 6.33 Å². The van der Waals surface area contributed by atoms with E-state index in [-0.39, 0.29) is 29.6 Å². The standard InChI is InChI=1S/C10H10ClFN4O3S/c11-7-3-6(13)4-8(10(7)12)20(17,18)16-2-1-9-14-5-15-19-9/h3-5,16H,1-2,13H2. The summed E-state index contributed by atoms with van der Waals surface area (Å²) in [6.45, 7) is -0.0314. The Morgan fingerprint density at radius 2 is 2.20 bits per heavy atom. The summed E-state index contributed by atoms with van der Waals surface area (Å²) >= 11 is 5.56. The molecule has 108 valence electrons. The first kappa shape index (κ1) is 14.7. The van der Waals surface area contributed by atoms with Crippen LogP contribution in [0.4, 0.5) is 10.1 Å².